The maximum atomic E-state index is 12.3. The number of nitrogens with zero attached hydrogens (tertiary/aromatic N) is 1. The van der Waals surface area contributed by atoms with E-state index in [0.717, 1.165) is 18.6 Å². The molecule has 0 unspecified atom stereocenters. The number of carbonyl (C=O) groups excluding carboxylic acids is 1. The van der Waals surface area contributed by atoms with Gasteiger partial charge in [-0.2, -0.15) is 4.99 Å². The first-order valence-electron chi connectivity index (χ1n) is 9.13. The molecule has 0 aromatic heterocycles. The fourth-order valence-corrected chi connectivity index (χ4v) is 2.73. The molecule has 2 aromatic rings. The molecule has 146 valence electrons. The lowest BCUT2D eigenvalue weighted by atomic mass is 10.1. The number of amides is 1. The summed E-state index contributed by atoms with van der Waals surface area (Å²) < 4.78 is 22.0. The minimum atomic E-state index is -0.442. The van der Waals surface area contributed by atoms with Gasteiger partial charge in [-0.25, -0.2) is 0 Å². The smallest absolute Gasteiger partial charge is 0.316 e. The standard InChI is InChI=1S/C22H23NO5/c1-4-5-13-27-17-11-9-15(10-12-17)22-23-21(24)19(28-22)14-16-7-6-8-18(25-2)20(16)26-3/h6-12,14H,4-5,13H2,1-3H3/b19-14-. The van der Waals surface area contributed by atoms with Crippen LogP contribution in [0.1, 0.15) is 30.9 Å². The summed E-state index contributed by atoms with van der Waals surface area (Å²) in [5, 5.41) is 0. The van der Waals surface area contributed by atoms with Crippen LogP contribution in [-0.4, -0.2) is 32.6 Å². The zero-order chi connectivity index (χ0) is 19.9. The van der Waals surface area contributed by atoms with Gasteiger partial charge >= 0.3 is 5.91 Å². The highest BCUT2D eigenvalue weighted by Gasteiger charge is 2.25. The molecule has 3 rings (SSSR count). The Balaban J connectivity index is 1.76. The van der Waals surface area contributed by atoms with Gasteiger partial charge in [-0.3, -0.25) is 4.79 Å². The zero-order valence-corrected chi connectivity index (χ0v) is 16.2. The lowest BCUT2D eigenvalue weighted by molar-refractivity contribution is -0.115. The number of benzene rings is 2. The molecule has 0 aliphatic carbocycles. The van der Waals surface area contributed by atoms with E-state index < -0.39 is 5.91 Å². The quantitative estimate of drug-likeness (QED) is 0.506. The Kier molecular flexibility index (Phi) is 6.32. The third-order valence-electron chi connectivity index (χ3n) is 4.21. The summed E-state index contributed by atoms with van der Waals surface area (Å²) in [6.45, 7) is 2.80. The Morgan fingerprint density at radius 3 is 2.54 bits per heavy atom. The van der Waals surface area contributed by atoms with E-state index in [-0.39, 0.29) is 11.7 Å². The van der Waals surface area contributed by atoms with Crippen LogP contribution in [-0.2, 0) is 9.53 Å². The van der Waals surface area contributed by atoms with E-state index >= 15 is 0 Å². The van der Waals surface area contributed by atoms with E-state index in [0.29, 0.717) is 29.2 Å². The van der Waals surface area contributed by atoms with Crippen LogP contribution in [0.4, 0.5) is 0 Å². The average Bonchev–Trinajstić information content (AvgIpc) is 3.08. The SMILES string of the molecule is CCCCOc1ccc(C2=NC(=O)/C(=C/c3cccc(OC)c3OC)O2)cc1. The minimum absolute atomic E-state index is 0.129. The molecular formula is C22H23NO5. The molecule has 0 radical (unpaired) electrons. The van der Waals surface area contributed by atoms with Crippen LogP contribution in [0.25, 0.3) is 6.08 Å². The van der Waals surface area contributed by atoms with Crippen molar-refractivity contribution in [2.75, 3.05) is 20.8 Å². The van der Waals surface area contributed by atoms with Crippen molar-refractivity contribution in [1.82, 2.24) is 0 Å². The lowest BCUT2D eigenvalue weighted by Gasteiger charge is -2.10. The molecule has 1 heterocycles. The first-order valence-corrected chi connectivity index (χ1v) is 9.13. The molecule has 0 spiro atoms. The molecule has 0 atom stereocenters. The highest BCUT2D eigenvalue weighted by atomic mass is 16.5. The first kappa shape index (κ1) is 19.5. The van der Waals surface area contributed by atoms with E-state index in [9.17, 15) is 4.79 Å². The van der Waals surface area contributed by atoms with Gasteiger partial charge in [-0.1, -0.05) is 25.5 Å². The molecule has 0 bridgehead atoms. The van der Waals surface area contributed by atoms with Gasteiger partial charge in [0.1, 0.15) is 5.75 Å². The third-order valence-corrected chi connectivity index (χ3v) is 4.21. The van der Waals surface area contributed by atoms with Crippen molar-refractivity contribution in [3.05, 3.63) is 59.4 Å². The van der Waals surface area contributed by atoms with Crippen LogP contribution < -0.4 is 14.2 Å². The summed E-state index contributed by atoms with van der Waals surface area (Å²) in [5.74, 6) is 1.82. The highest BCUT2D eigenvalue weighted by Crippen LogP contribution is 2.33. The molecule has 0 N–H and O–H groups in total. The third kappa shape index (κ3) is 4.34. The van der Waals surface area contributed by atoms with Crippen LogP contribution in [0.2, 0.25) is 0 Å². The minimum Gasteiger partial charge on any atom is -0.494 e. The van der Waals surface area contributed by atoms with Crippen molar-refractivity contribution < 1.29 is 23.7 Å². The maximum absolute atomic E-state index is 12.3. The second-order valence-corrected chi connectivity index (χ2v) is 6.14. The molecule has 0 fully saturated rings. The van der Waals surface area contributed by atoms with Gasteiger partial charge in [0.15, 0.2) is 17.3 Å². The van der Waals surface area contributed by atoms with Crippen molar-refractivity contribution in [2.24, 2.45) is 4.99 Å². The van der Waals surface area contributed by atoms with Gasteiger partial charge < -0.3 is 18.9 Å². The zero-order valence-electron chi connectivity index (χ0n) is 16.2. The van der Waals surface area contributed by atoms with Crippen LogP contribution in [0, 0.1) is 0 Å². The fraction of sp³-hybridized carbons (Fsp3) is 0.273. The molecule has 1 amide bonds. The Morgan fingerprint density at radius 2 is 1.86 bits per heavy atom. The van der Waals surface area contributed by atoms with Crippen LogP contribution >= 0.6 is 0 Å². The van der Waals surface area contributed by atoms with Gasteiger partial charge in [0.25, 0.3) is 0 Å². The number of para-hydroxylation sites is 1. The fourth-order valence-electron chi connectivity index (χ4n) is 2.73. The Morgan fingerprint density at radius 1 is 1.07 bits per heavy atom. The number of unbranched alkanes of at least 4 members (excludes halogenated alkanes) is 1. The number of rotatable bonds is 8. The monoisotopic (exact) mass is 381 g/mol. The molecular weight excluding hydrogens is 358 g/mol. The van der Waals surface area contributed by atoms with E-state index in [1.54, 1.807) is 26.4 Å². The molecule has 28 heavy (non-hydrogen) atoms. The van der Waals surface area contributed by atoms with E-state index in [1.165, 1.54) is 0 Å². The number of carbonyl (C=O) groups is 1. The number of methoxy groups -OCH3 is 2. The maximum Gasteiger partial charge on any atom is 0.316 e. The van der Waals surface area contributed by atoms with Crippen molar-refractivity contribution in [3.8, 4) is 17.2 Å². The summed E-state index contributed by atoms with van der Waals surface area (Å²) in [4.78, 5) is 16.3. The lowest BCUT2D eigenvalue weighted by Crippen LogP contribution is -2.02. The topological polar surface area (TPSA) is 66.4 Å². The number of aliphatic imine (C=N–C) groups is 1. The molecule has 0 saturated carbocycles. The normalized spacial score (nSPS) is 14.6. The largest absolute Gasteiger partial charge is 0.494 e. The Labute approximate surface area is 164 Å². The molecule has 2 aromatic carbocycles. The second kappa shape index (κ2) is 9.08. The molecule has 1 aliphatic heterocycles. The molecule has 0 saturated heterocycles. The number of hydrogen-bond acceptors (Lipinski definition) is 5. The summed E-state index contributed by atoms with van der Waals surface area (Å²) in [7, 11) is 3.10. The molecule has 6 heteroatoms. The summed E-state index contributed by atoms with van der Waals surface area (Å²) in [6, 6.07) is 12.7. The van der Waals surface area contributed by atoms with E-state index in [1.807, 2.05) is 36.4 Å². The molecule has 6 nitrogen and oxygen atoms in total. The van der Waals surface area contributed by atoms with E-state index in [4.69, 9.17) is 18.9 Å². The van der Waals surface area contributed by atoms with Crippen LogP contribution in [0.15, 0.2) is 53.2 Å². The predicted octanol–water partition coefficient (Wildman–Crippen LogP) is 4.23. The average molecular weight is 381 g/mol. The van der Waals surface area contributed by atoms with Gasteiger partial charge in [0.2, 0.25) is 5.90 Å². The first-order chi connectivity index (χ1) is 13.7. The summed E-state index contributed by atoms with van der Waals surface area (Å²) in [6.07, 6.45) is 3.69. The molecule has 1 aliphatic rings. The Hall–Kier alpha value is -3.28. The number of ether oxygens (including phenoxy) is 4. The second-order valence-electron chi connectivity index (χ2n) is 6.14. The van der Waals surface area contributed by atoms with Gasteiger partial charge in [0, 0.05) is 11.1 Å². The number of hydrogen-bond donors (Lipinski definition) is 0. The Bertz CT molecular complexity index is 900. The van der Waals surface area contributed by atoms with Crippen molar-refractivity contribution in [2.45, 2.75) is 19.8 Å². The van der Waals surface area contributed by atoms with Crippen LogP contribution in [0.5, 0.6) is 17.2 Å². The van der Waals surface area contributed by atoms with Crippen molar-refractivity contribution >= 4 is 17.9 Å². The van der Waals surface area contributed by atoms with Crippen molar-refractivity contribution in [1.29, 1.82) is 0 Å². The predicted molar refractivity (Wildman–Crippen MR) is 107 cm³/mol. The summed E-state index contributed by atoms with van der Waals surface area (Å²) in [5.41, 5.74) is 1.37. The van der Waals surface area contributed by atoms with Gasteiger partial charge in [-0.05, 0) is 42.8 Å². The van der Waals surface area contributed by atoms with Crippen LogP contribution in [0.3, 0.4) is 0 Å². The highest BCUT2D eigenvalue weighted by molar-refractivity contribution is 6.14. The van der Waals surface area contributed by atoms with E-state index in [2.05, 4.69) is 11.9 Å². The van der Waals surface area contributed by atoms with Crippen molar-refractivity contribution in [3.63, 3.8) is 0 Å². The summed E-state index contributed by atoms with van der Waals surface area (Å²) >= 11 is 0. The van der Waals surface area contributed by atoms with Gasteiger partial charge in [0.05, 0.1) is 20.8 Å². The van der Waals surface area contributed by atoms with Gasteiger partial charge in [-0.15, -0.1) is 0 Å².